The first kappa shape index (κ1) is 10.4. The van der Waals surface area contributed by atoms with E-state index >= 15 is 0 Å². The van der Waals surface area contributed by atoms with Crippen molar-refractivity contribution in [2.45, 2.75) is 38.5 Å². The third kappa shape index (κ3) is 3.50. The molecule has 0 bridgehead atoms. The Labute approximate surface area is 92.2 Å². The van der Waals surface area contributed by atoms with Gasteiger partial charge < -0.3 is 0 Å². The van der Waals surface area contributed by atoms with E-state index in [0.29, 0.717) is 0 Å². The van der Waals surface area contributed by atoms with E-state index in [1.807, 2.05) is 0 Å². The van der Waals surface area contributed by atoms with Crippen LogP contribution in [0.1, 0.15) is 37.7 Å². The Morgan fingerprint density at radius 1 is 0.933 bits per heavy atom. The van der Waals surface area contributed by atoms with Gasteiger partial charge in [-0.25, -0.2) is 0 Å². The normalized spacial score (nSPS) is 16.4. The number of benzene rings is 1. The minimum atomic E-state index is 0.972. The molecule has 1 saturated carbocycles. The van der Waals surface area contributed by atoms with E-state index in [4.69, 9.17) is 4.99 Å². The number of rotatable bonds is 3. The first-order valence-corrected chi connectivity index (χ1v) is 6.01. The summed E-state index contributed by atoms with van der Waals surface area (Å²) in [5, 5.41) is 0. The second kappa shape index (κ2) is 5.69. The standard InChI is InChI=1S/C14H19N/c1-3-7-13(8-4-1)11-12-15-14-9-5-2-6-10-14/h1,3-4,7-8H,2,5-6,9-12H2. The average molecular weight is 201 g/mol. The predicted molar refractivity (Wildman–Crippen MR) is 65.5 cm³/mol. The van der Waals surface area contributed by atoms with Gasteiger partial charge in [0, 0.05) is 12.3 Å². The van der Waals surface area contributed by atoms with Crippen molar-refractivity contribution in [3.05, 3.63) is 35.9 Å². The van der Waals surface area contributed by atoms with Gasteiger partial charge >= 0.3 is 0 Å². The van der Waals surface area contributed by atoms with Crippen LogP contribution in [0.5, 0.6) is 0 Å². The molecule has 0 spiro atoms. The van der Waals surface area contributed by atoms with Gasteiger partial charge in [0.1, 0.15) is 0 Å². The van der Waals surface area contributed by atoms with Crippen LogP contribution in [-0.4, -0.2) is 12.3 Å². The molecule has 0 unspecified atom stereocenters. The van der Waals surface area contributed by atoms with Gasteiger partial charge in [-0.15, -0.1) is 0 Å². The number of hydrogen-bond donors (Lipinski definition) is 0. The molecule has 1 aromatic carbocycles. The number of aliphatic imine (C=N–C) groups is 1. The van der Waals surface area contributed by atoms with Gasteiger partial charge in [-0.3, -0.25) is 4.99 Å². The molecule has 0 aromatic heterocycles. The Balaban J connectivity index is 1.78. The molecule has 1 aliphatic carbocycles. The molecule has 1 heteroatoms. The summed E-state index contributed by atoms with van der Waals surface area (Å²) in [5.74, 6) is 0. The lowest BCUT2D eigenvalue weighted by atomic mass is 9.98. The first-order valence-electron chi connectivity index (χ1n) is 6.01. The maximum atomic E-state index is 4.70. The second-order valence-electron chi connectivity index (χ2n) is 4.24. The minimum Gasteiger partial charge on any atom is -0.294 e. The lowest BCUT2D eigenvalue weighted by Gasteiger charge is -2.12. The smallest absolute Gasteiger partial charge is 0.0429 e. The van der Waals surface area contributed by atoms with E-state index in [2.05, 4.69) is 30.3 Å². The van der Waals surface area contributed by atoms with Crippen LogP contribution < -0.4 is 0 Å². The summed E-state index contributed by atoms with van der Waals surface area (Å²) in [6.45, 7) is 0.972. The quantitative estimate of drug-likeness (QED) is 0.708. The van der Waals surface area contributed by atoms with Crippen LogP contribution in [0.2, 0.25) is 0 Å². The van der Waals surface area contributed by atoms with Crippen LogP contribution in [0, 0.1) is 0 Å². The third-order valence-corrected chi connectivity index (χ3v) is 3.01. The SMILES string of the molecule is c1ccc(CCN=C2CCCCC2)cc1. The van der Waals surface area contributed by atoms with Crippen LogP contribution in [0.15, 0.2) is 35.3 Å². The summed E-state index contributed by atoms with van der Waals surface area (Å²) in [7, 11) is 0. The van der Waals surface area contributed by atoms with Crippen molar-refractivity contribution < 1.29 is 0 Å². The molecule has 15 heavy (non-hydrogen) atoms. The van der Waals surface area contributed by atoms with Crippen LogP contribution in [0.4, 0.5) is 0 Å². The van der Waals surface area contributed by atoms with E-state index in [-0.39, 0.29) is 0 Å². The Kier molecular flexibility index (Phi) is 3.95. The second-order valence-corrected chi connectivity index (χ2v) is 4.24. The Morgan fingerprint density at radius 2 is 1.67 bits per heavy atom. The Hall–Kier alpha value is -1.11. The zero-order valence-electron chi connectivity index (χ0n) is 9.28. The molecule has 1 aliphatic rings. The molecule has 80 valence electrons. The third-order valence-electron chi connectivity index (χ3n) is 3.01. The van der Waals surface area contributed by atoms with Crippen LogP contribution in [0.25, 0.3) is 0 Å². The van der Waals surface area contributed by atoms with Crippen LogP contribution >= 0.6 is 0 Å². The van der Waals surface area contributed by atoms with E-state index in [0.717, 1.165) is 13.0 Å². The number of nitrogens with zero attached hydrogens (tertiary/aromatic N) is 1. The summed E-state index contributed by atoms with van der Waals surface area (Å²) >= 11 is 0. The maximum Gasteiger partial charge on any atom is 0.0429 e. The Bertz CT molecular complexity index is 305. The van der Waals surface area contributed by atoms with Crippen molar-refractivity contribution in [1.82, 2.24) is 0 Å². The van der Waals surface area contributed by atoms with Gasteiger partial charge in [0.2, 0.25) is 0 Å². The maximum absolute atomic E-state index is 4.70. The van der Waals surface area contributed by atoms with Gasteiger partial charge in [-0.05, 0) is 37.7 Å². The summed E-state index contributed by atoms with van der Waals surface area (Å²) in [6.07, 6.45) is 7.68. The highest BCUT2D eigenvalue weighted by Gasteiger charge is 2.05. The zero-order valence-corrected chi connectivity index (χ0v) is 9.28. The molecule has 0 heterocycles. The molecule has 1 nitrogen and oxygen atoms in total. The average Bonchev–Trinajstić information content (AvgIpc) is 2.32. The molecule has 2 rings (SSSR count). The highest BCUT2D eigenvalue weighted by molar-refractivity contribution is 5.84. The lowest BCUT2D eigenvalue weighted by Crippen LogP contribution is -2.06. The summed E-state index contributed by atoms with van der Waals surface area (Å²) in [5.41, 5.74) is 2.86. The van der Waals surface area contributed by atoms with E-state index in [9.17, 15) is 0 Å². The van der Waals surface area contributed by atoms with E-state index in [1.54, 1.807) is 0 Å². The van der Waals surface area contributed by atoms with Crippen molar-refractivity contribution in [1.29, 1.82) is 0 Å². The summed E-state index contributed by atoms with van der Waals surface area (Å²) in [4.78, 5) is 4.70. The highest BCUT2D eigenvalue weighted by atomic mass is 14.7. The topological polar surface area (TPSA) is 12.4 Å². The fraction of sp³-hybridized carbons (Fsp3) is 0.500. The van der Waals surface area contributed by atoms with Gasteiger partial charge in [0.05, 0.1) is 0 Å². The van der Waals surface area contributed by atoms with Crippen molar-refractivity contribution in [2.75, 3.05) is 6.54 Å². The molecule has 0 atom stereocenters. The van der Waals surface area contributed by atoms with Crippen molar-refractivity contribution >= 4 is 5.71 Å². The first-order chi connectivity index (χ1) is 7.45. The Morgan fingerprint density at radius 3 is 2.40 bits per heavy atom. The van der Waals surface area contributed by atoms with Crippen LogP contribution in [0.3, 0.4) is 0 Å². The van der Waals surface area contributed by atoms with E-state index < -0.39 is 0 Å². The summed E-state index contributed by atoms with van der Waals surface area (Å²) in [6, 6.07) is 10.6. The minimum absolute atomic E-state index is 0.972. The van der Waals surface area contributed by atoms with Crippen LogP contribution in [-0.2, 0) is 6.42 Å². The molecular formula is C14H19N. The molecular weight excluding hydrogens is 182 g/mol. The molecule has 1 fully saturated rings. The largest absolute Gasteiger partial charge is 0.294 e. The zero-order chi connectivity index (χ0) is 10.3. The molecule has 0 N–H and O–H groups in total. The monoisotopic (exact) mass is 201 g/mol. The fourth-order valence-electron chi connectivity index (χ4n) is 2.11. The number of hydrogen-bond acceptors (Lipinski definition) is 1. The van der Waals surface area contributed by atoms with Crippen molar-refractivity contribution in [3.63, 3.8) is 0 Å². The summed E-state index contributed by atoms with van der Waals surface area (Å²) < 4.78 is 0. The molecule has 1 aromatic rings. The molecule has 0 amide bonds. The van der Waals surface area contributed by atoms with E-state index in [1.165, 1.54) is 43.4 Å². The predicted octanol–water partition coefficient (Wildman–Crippen LogP) is 3.63. The lowest BCUT2D eigenvalue weighted by molar-refractivity contribution is 0.662. The highest BCUT2D eigenvalue weighted by Crippen LogP contribution is 2.14. The van der Waals surface area contributed by atoms with Crippen molar-refractivity contribution in [3.8, 4) is 0 Å². The fourth-order valence-corrected chi connectivity index (χ4v) is 2.11. The molecule has 0 saturated heterocycles. The molecule has 0 aliphatic heterocycles. The van der Waals surface area contributed by atoms with Crippen molar-refractivity contribution in [2.24, 2.45) is 4.99 Å². The molecule has 0 radical (unpaired) electrons. The van der Waals surface area contributed by atoms with Gasteiger partial charge in [0.15, 0.2) is 0 Å². The van der Waals surface area contributed by atoms with Gasteiger partial charge in [0.25, 0.3) is 0 Å². The van der Waals surface area contributed by atoms with Gasteiger partial charge in [-0.1, -0.05) is 36.8 Å². The van der Waals surface area contributed by atoms with Gasteiger partial charge in [-0.2, -0.15) is 0 Å².